The number of fused-ring (bicyclic) bond motifs is 3. The third-order valence-electron chi connectivity index (χ3n) is 7.38. The highest BCUT2D eigenvalue weighted by atomic mass is 16.7. The molecule has 2 N–H and O–H groups in total. The molecule has 0 bridgehead atoms. The predicted molar refractivity (Wildman–Crippen MR) is 125 cm³/mol. The molecule has 1 amide bonds. The highest BCUT2D eigenvalue weighted by Gasteiger charge is 2.39. The van der Waals surface area contributed by atoms with Crippen molar-refractivity contribution in [3.63, 3.8) is 0 Å². The summed E-state index contributed by atoms with van der Waals surface area (Å²) in [6.07, 6.45) is 4.65. The van der Waals surface area contributed by atoms with E-state index in [9.17, 15) is 4.79 Å². The van der Waals surface area contributed by atoms with Crippen LogP contribution in [-0.2, 0) is 17.6 Å². The summed E-state index contributed by atoms with van der Waals surface area (Å²) in [5.74, 6) is 2.33. The molecule has 1 aliphatic carbocycles. The number of piperidine rings is 1. The maximum absolute atomic E-state index is 12.3. The summed E-state index contributed by atoms with van der Waals surface area (Å²) >= 11 is 0. The number of rotatable bonds is 5. The number of ether oxygens (including phenoxy) is 3. The van der Waals surface area contributed by atoms with Gasteiger partial charge in [0.15, 0.2) is 11.5 Å². The molecule has 1 aromatic heterocycles. The second-order valence-corrected chi connectivity index (χ2v) is 9.47. The Morgan fingerprint density at radius 3 is 3.09 bits per heavy atom. The standard InChI is InChI=1S/C26H29N3O4/c1-29-13-17(9-20-19-3-2-4-21-25(19)18(12-28-21)11-22(20)29)14-31-26(30)27-8-7-16-5-6-23-24(10-16)33-15-32-23/h2-6,10,12,17,20,22,28H,7-9,11,13-15H2,1H3,(H,27,30)/t17?,20-,22-/m0/s1. The van der Waals surface area contributed by atoms with Gasteiger partial charge in [-0.2, -0.15) is 0 Å². The van der Waals surface area contributed by atoms with Gasteiger partial charge in [0.2, 0.25) is 6.79 Å². The topological polar surface area (TPSA) is 75.8 Å². The minimum absolute atomic E-state index is 0.267. The Kier molecular flexibility index (Phi) is 5.14. The van der Waals surface area contributed by atoms with E-state index in [2.05, 4.69) is 46.6 Å². The van der Waals surface area contributed by atoms with Gasteiger partial charge in [0, 0.05) is 48.1 Å². The molecule has 3 atom stereocenters. The van der Waals surface area contributed by atoms with Crippen LogP contribution in [0.15, 0.2) is 42.6 Å². The first kappa shape index (κ1) is 20.4. The lowest BCUT2D eigenvalue weighted by Crippen LogP contribution is -2.49. The molecule has 0 radical (unpaired) electrons. The number of aromatic nitrogens is 1. The molecule has 0 spiro atoms. The van der Waals surface area contributed by atoms with Crippen LogP contribution in [0.25, 0.3) is 10.9 Å². The zero-order chi connectivity index (χ0) is 22.4. The number of aromatic amines is 1. The van der Waals surface area contributed by atoms with Gasteiger partial charge in [-0.25, -0.2) is 4.79 Å². The van der Waals surface area contributed by atoms with Crippen LogP contribution in [0.1, 0.15) is 29.0 Å². The largest absolute Gasteiger partial charge is 0.454 e. The molecule has 172 valence electrons. The molecule has 1 fully saturated rings. The van der Waals surface area contributed by atoms with E-state index in [0.717, 1.165) is 36.4 Å². The molecule has 1 unspecified atom stereocenters. The van der Waals surface area contributed by atoms with Crippen molar-refractivity contribution < 1.29 is 19.0 Å². The van der Waals surface area contributed by atoms with Gasteiger partial charge in [-0.1, -0.05) is 18.2 Å². The molecular weight excluding hydrogens is 418 g/mol. The quantitative estimate of drug-likeness (QED) is 0.622. The van der Waals surface area contributed by atoms with Gasteiger partial charge < -0.3 is 29.4 Å². The molecule has 3 heterocycles. The number of alkyl carbamates (subject to hydrolysis) is 1. The predicted octanol–water partition coefficient (Wildman–Crippen LogP) is 3.83. The molecular formula is C26H29N3O4. The van der Waals surface area contributed by atoms with Crippen molar-refractivity contribution in [2.75, 3.05) is 33.5 Å². The maximum Gasteiger partial charge on any atom is 0.407 e. The van der Waals surface area contributed by atoms with E-state index >= 15 is 0 Å². The van der Waals surface area contributed by atoms with Crippen LogP contribution in [0.5, 0.6) is 11.5 Å². The highest BCUT2D eigenvalue weighted by Crippen LogP contribution is 2.44. The number of likely N-dealkylation sites (tertiary alicyclic amines) is 1. The van der Waals surface area contributed by atoms with Crippen molar-refractivity contribution in [1.29, 1.82) is 0 Å². The van der Waals surface area contributed by atoms with Crippen LogP contribution in [0.2, 0.25) is 0 Å². The number of nitrogens with one attached hydrogen (secondary N) is 2. The Labute approximate surface area is 193 Å². The number of likely N-dealkylation sites (N-methyl/N-ethyl adjacent to an activating group) is 1. The molecule has 2 aliphatic heterocycles. The minimum atomic E-state index is -0.348. The fraction of sp³-hybridized carbons (Fsp3) is 0.423. The number of benzene rings is 2. The average Bonchev–Trinajstić information content (AvgIpc) is 3.46. The van der Waals surface area contributed by atoms with Crippen molar-refractivity contribution in [2.45, 2.75) is 31.2 Å². The number of carbonyl (C=O) groups excluding carboxylic acids is 1. The lowest BCUT2D eigenvalue weighted by atomic mass is 9.72. The number of hydrogen-bond acceptors (Lipinski definition) is 5. The summed E-state index contributed by atoms with van der Waals surface area (Å²) < 4.78 is 16.4. The van der Waals surface area contributed by atoms with Crippen LogP contribution in [0.3, 0.4) is 0 Å². The number of carbonyl (C=O) groups is 1. The van der Waals surface area contributed by atoms with E-state index in [-0.39, 0.29) is 12.9 Å². The van der Waals surface area contributed by atoms with Gasteiger partial charge in [0.1, 0.15) is 0 Å². The second-order valence-electron chi connectivity index (χ2n) is 9.47. The lowest BCUT2D eigenvalue weighted by Gasteiger charge is -2.45. The van der Waals surface area contributed by atoms with Crippen LogP contribution < -0.4 is 14.8 Å². The Morgan fingerprint density at radius 2 is 2.15 bits per heavy atom. The molecule has 2 aromatic carbocycles. The lowest BCUT2D eigenvalue weighted by molar-refractivity contribution is 0.0622. The van der Waals surface area contributed by atoms with Crippen LogP contribution in [-0.4, -0.2) is 55.6 Å². The Balaban J connectivity index is 1.03. The third-order valence-corrected chi connectivity index (χ3v) is 7.38. The summed E-state index contributed by atoms with van der Waals surface area (Å²) in [5, 5.41) is 4.28. The van der Waals surface area contributed by atoms with Gasteiger partial charge in [-0.3, -0.25) is 0 Å². The van der Waals surface area contributed by atoms with Crippen molar-refractivity contribution in [2.24, 2.45) is 5.92 Å². The third kappa shape index (κ3) is 3.80. The number of nitrogens with zero attached hydrogens (tertiary/aromatic N) is 1. The zero-order valence-corrected chi connectivity index (χ0v) is 18.8. The number of H-pyrrole nitrogens is 1. The normalized spacial score (nSPS) is 23.4. The molecule has 6 rings (SSSR count). The Morgan fingerprint density at radius 1 is 1.24 bits per heavy atom. The molecule has 0 saturated carbocycles. The minimum Gasteiger partial charge on any atom is -0.454 e. The number of amides is 1. The van der Waals surface area contributed by atoms with Gasteiger partial charge in [-0.15, -0.1) is 0 Å². The van der Waals surface area contributed by atoms with E-state index in [1.807, 2.05) is 18.2 Å². The van der Waals surface area contributed by atoms with E-state index < -0.39 is 0 Å². The molecule has 7 heteroatoms. The highest BCUT2D eigenvalue weighted by molar-refractivity contribution is 5.88. The SMILES string of the molecule is CN1CC(COC(=O)NCCc2ccc3c(c2)OCO3)C[C@H]2c3cccc4[nH]cc(c34)C[C@@H]21. The first-order valence-corrected chi connectivity index (χ1v) is 11.7. The van der Waals surface area contributed by atoms with Crippen molar-refractivity contribution in [3.05, 3.63) is 59.3 Å². The molecule has 1 saturated heterocycles. The zero-order valence-electron chi connectivity index (χ0n) is 18.8. The van der Waals surface area contributed by atoms with Crippen LogP contribution in [0.4, 0.5) is 4.79 Å². The molecule has 3 aromatic rings. The summed E-state index contributed by atoms with van der Waals surface area (Å²) in [6.45, 7) is 2.18. The molecule has 3 aliphatic rings. The summed E-state index contributed by atoms with van der Waals surface area (Å²) in [7, 11) is 2.20. The van der Waals surface area contributed by atoms with Gasteiger partial charge in [-0.05, 0) is 61.2 Å². The van der Waals surface area contributed by atoms with Crippen molar-refractivity contribution >= 4 is 17.0 Å². The van der Waals surface area contributed by atoms with Gasteiger partial charge in [0.05, 0.1) is 6.61 Å². The maximum atomic E-state index is 12.3. The van der Waals surface area contributed by atoms with Crippen molar-refractivity contribution in [3.8, 4) is 11.5 Å². The van der Waals surface area contributed by atoms with E-state index in [0.29, 0.717) is 37.5 Å². The first-order valence-electron chi connectivity index (χ1n) is 11.7. The molecule has 33 heavy (non-hydrogen) atoms. The van der Waals surface area contributed by atoms with Gasteiger partial charge >= 0.3 is 6.09 Å². The van der Waals surface area contributed by atoms with Gasteiger partial charge in [0.25, 0.3) is 0 Å². The second kappa shape index (κ2) is 8.30. The average molecular weight is 448 g/mol. The Bertz CT molecular complexity index is 1190. The summed E-state index contributed by atoms with van der Waals surface area (Å²) in [6, 6.07) is 12.9. The Hall–Kier alpha value is -3.19. The van der Waals surface area contributed by atoms with E-state index in [1.165, 1.54) is 22.0 Å². The smallest absolute Gasteiger partial charge is 0.407 e. The van der Waals surface area contributed by atoms with E-state index in [4.69, 9.17) is 14.2 Å². The number of hydrogen-bond donors (Lipinski definition) is 2. The fourth-order valence-electron chi connectivity index (χ4n) is 5.82. The first-order chi connectivity index (χ1) is 16.2. The summed E-state index contributed by atoms with van der Waals surface area (Å²) in [4.78, 5) is 18.2. The molecule has 7 nitrogen and oxygen atoms in total. The summed E-state index contributed by atoms with van der Waals surface area (Å²) in [5.41, 5.74) is 5.17. The fourth-order valence-corrected chi connectivity index (χ4v) is 5.82. The van der Waals surface area contributed by atoms with E-state index in [1.54, 1.807) is 0 Å². The van der Waals surface area contributed by atoms with Crippen LogP contribution >= 0.6 is 0 Å². The van der Waals surface area contributed by atoms with Crippen molar-refractivity contribution in [1.82, 2.24) is 15.2 Å². The van der Waals surface area contributed by atoms with Crippen LogP contribution in [0, 0.1) is 5.92 Å². The monoisotopic (exact) mass is 447 g/mol.